The summed E-state index contributed by atoms with van der Waals surface area (Å²) in [5, 5.41) is 4.33. The molecule has 20 heavy (non-hydrogen) atoms. The summed E-state index contributed by atoms with van der Waals surface area (Å²) in [5.74, 6) is 1.39. The molecule has 0 spiro atoms. The summed E-state index contributed by atoms with van der Waals surface area (Å²) < 4.78 is 7.46. The molecule has 0 saturated heterocycles. The Morgan fingerprint density at radius 1 is 1.40 bits per heavy atom. The first kappa shape index (κ1) is 15.2. The van der Waals surface area contributed by atoms with Crippen LogP contribution in [0.4, 0.5) is 0 Å². The van der Waals surface area contributed by atoms with Crippen LogP contribution in [-0.4, -0.2) is 16.6 Å². The van der Waals surface area contributed by atoms with E-state index in [0.717, 1.165) is 11.4 Å². The molecule has 6 heteroatoms. The van der Waals surface area contributed by atoms with Gasteiger partial charge in [-0.1, -0.05) is 29.3 Å². The molecule has 108 valence electrons. The first-order valence-corrected chi connectivity index (χ1v) is 7.04. The highest BCUT2D eigenvalue weighted by molar-refractivity contribution is 6.32. The summed E-state index contributed by atoms with van der Waals surface area (Å²) in [7, 11) is 3.75. The summed E-state index contributed by atoms with van der Waals surface area (Å²) in [6.45, 7) is 2.39. The smallest absolute Gasteiger partial charge is 0.147 e. The minimum atomic E-state index is 0.245. The number of hydrogen-bond acceptors (Lipinski definition) is 3. The van der Waals surface area contributed by atoms with Gasteiger partial charge in [0.05, 0.1) is 11.2 Å². The van der Waals surface area contributed by atoms with E-state index in [0.29, 0.717) is 22.5 Å². The lowest BCUT2D eigenvalue weighted by Gasteiger charge is -2.13. The van der Waals surface area contributed by atoms with Gasteiger partial charge in [0, 0.05) is 13.1 Å². The van der Waals surface area contributed by atoms with Gasteiger partial charge >= 0.3 is 0 Å². The lowest BCUT2D eigenvalue weighted by Crippen LogP contribution is -2.12. The number of ether oxygens (including phenoxy) is 1. The highest BCUT2D eigenvalue weighted by atomic mass is 35.5. The van der Waals surface area contributed by atoms with Crippen molar-refractivity contribution in [1.82, 2.24) is 14.9 Å². The Morgan fingerprint density at radius 3 is 2.70 bits per heavy atom. The molecule has 0 aliphatic carbocycles. The van der Waals surface area contributed by atoms with E-state index in [1.54, 1.807) is 10.8 Å². The molecule has 4 nitrogen and oxygen atoms in total. The van der Waals surface area contributed by atoms with E-state index in [1.165, 1.54) is 0 Å². The molecule has 0 fully saturated rings. The van der Waals surface area contributed by atoms with Crippen molar-refractivity contribution >= 4 is 23.2 Å². The molecule has 1 atom stereocenters. The van der Waals surface area contributed by atoms with Crippen LogP contribution >= 0.6 is 23.2 Å². The van der Waals surface area contributed by atoms with E-state index in [2.05, 4.69) is 17.2 Å². The Hall–Kier alpha value is -1.23. The number of nitrogens with zero attached hydrogens (tertiary/aromatic N) is 2. The molecule has 1 aromatic carbocycles. The van der Waals surface area contributed by atoms with E-state index in [9.17, 15) is 0 Å². The van der Waals surface area contributed by atoms with Crippen molar-refractivity contribution in [3.8, 4) is 5.75 Å². The molecule has 0 amide bonds. The Labute approximate surface area is 128 Å². The van der Waals surface area contributed by atoms with E-state index >= 15 is 0 Å². The SMILES string of the molecule is CNC(C)c1ccc(OCc2ncc(Cl)n2C)c(Cl)c1. The van der Waals surface area contributed by atoms with Crippen molar-refractivity contribution in [2.75, 3.05) is 7.05 Å². The number of halogens is 2. The van der Waals surface area contributed by atoms with Crippen molar-refractivity contribution in [2.24, 2.45) is 7.05 Å². The maximum Gasteiger partial charge on any atom is 0.147 e. The van der Waals surface area contributed by atoms with E-state index in [-0.39, 0.29) is 6.04 Å². The predicted molar refractivity (Wildman–Crippen MR) is 81.5 cm³/mol. The zero-order valence-electron chi connectivity index (χ0n) is 11.7. The van der Waals surface area contributed by atoms with Gasteiger partial charge in [0.15, 0.2) is 0 Å². The molecule has 1 N–H and O–H groups in total. The molecule has 0 saturated carbocycles. The second kappa shape index (κ2) is 6.48. The minimum Gasteiger partial charge on any atom is -0.484 e. The number of hydrogen-bond donors (Lipinski definition) is 1. The average molecular weight is 314 g/mol. The van der Waals surface area contributed by atoms with E-state index in [1.807, 2.05) is 32.3 Å². The summed E-state index contributed by atoms with van der Waals surface area (Å²) >= 11 is 12.2. The molecule has 1 aromatic heterocycles. The molecule has 2 aromatic rings. The third-order valence-electron chi connectivity index (χ3n) is 3.27. The highest BCUT2D eigenvalue weighted by Crippen LogP contribution is 2.28. The summed E-state index contributed by atoms with van der Waals surface area (Å²) in [4.78, 5) is 4.17. The second-order valence-corrected chi connectivity index (χ2v) is 5.34. The predicted octanol–water partition coefficient (Wildman–Crippen LogP) is 3.59. The Morgan fingerprint density at radius 2 is 2.15 bits per heavy atom. The molecular formula is C14H17Cl2N3O. The van der Waals surface area contributed by atoms with Crippen LogP contribution in [-0.2, 0) is 13.7 Å². The number of imidazole rings is 1. The van der Waals surface area contributed by atoms with Gasteiger partial charge < -0.3 is 14.6 Å². The second-order valence-electron chi connectivity index (χ2n) is 4.55. The van der Waals surface area contributed by atoms with Gasteiger partial charge in [-0.15, -0.1) is 0 Å². The van der Waals surface area contributed by atoms with Crippen LogP contribution in [0.2, 0.25) is 10.2 Å². The highest BCUT2D eigenvalue weighted by Gasteiger charge is 2.09. The van der Waals surface area contributed by atoms with Gasteiger partial charge in [0.2, 0.25) is 0 Å². The van der Waals surface area contributed by atoms with Crippen molar-refractivity contribution in [2.45, 2.75) is 19.6 Å². The van der Waals surface area contributed by atoms with Crippen molar-refractivity contribution in [3.63, 3.8) is 0 Å². The standard InChI is InChI=1S/C14H17Cl2N3O/c1-9(17-2)10-4-5-12(11(15)6-10)20-8-14-18-7-13(16)19(14)3/h4-7,9,17H,8H2,1-3H3. The number of benzene rings is 1. The summed E-state index contributed by atoms with van der Waals surface area (Å²) in [5.41, 5.74) is 1.12. The quantitative estimate of drug-likeness (QED) is 0.917. The average Bonchev–Trinajstić information content (AvgIpc) is 2.76. The van der Waals surface area contributed by atoms with Gasteiger partial charge in [0.1, 0.15) is 23.3 Å². The summed E-state index contributed by atoms with van der Waals surface area (Å²) in [6, 6.07) is 6.02. The van der Waals surface area contributed by atoms with Crippen LogP contribution in [0.3, 0.4) is 0 Å². The van der Waals surface area contributed by atoms with Crippen molar-refractivity contribution < 1.29 is 4.74 Å². The summed E-state index contributed by atoms with van der Waals surface area (Å²) in [6.07, 6.45) is 1.60. The Bertz CT molecular complexity index is 598. The fourth-order valence-electron chi connectivity index (χ4n) is 1.77. The molecule has 0 bridgehead atoms. The Balaban J connectivity index is 2.08. The van der Waals surface area contributed by atoms with Gasteiger partial charge in [-0.25, -0.2) is 4.98 Å². The third kappa shape index (κ3) is 3.26. The zero-order valence-corrected chi connectivity index (χ0v) is 13.2. The van der Waals surface area contributed by atoms with E-state index < -0.39 is 0 Å². The largest absolute Gasteiger partial charge is 0.484 e. The van der Waals surface area contributed by atoms with Crippen molar-refractivity contribution in [1.29, 1.82) is 0 Å². The van der Waals surface area contributed by atoms with Crippen LogP contribution < -0.4 is 10.1 Å². The normalized spacial score (nSPS) is 12.4. The number of rotatable bonds is 5. The zero-order chi connectivity index (χ0) is 14.7. The first-order chi connectivity index (χ1) is 9.52. The minimum absolute atomic E-state index is 0.245. The molecule has 2 rings (SSSR count). The van der Waals surface area contributed by atoms with Crippen LogP contribution in [0, 0.1) is 0 Å². The molecule has 0 aliphatic heterocycles. The monoisotopic (exact) mass is 313 g/mol. The first-order valence-electron chi connectivity index (χ1n) is 6.28. The van der Waals surface area contributed by atoms with Crippen molar-refractivity contribution in [3.05, 3.63) is 46.0 Å². The van der Waals surface area contributed by atoms with Crippen LogP contribution in [0.1, 0.15) is 24.4 Å². The molecule has 1 unspecified atom stereocenters. The molecule has 0 aliphatic rings. The van der Waals surface area contributed by atoms with Gasteiger partial charge in [-0.05, 0) is 31.7 Å². The Kier molecular flexibility index (Phi) is 4.91. The fraction of sp³-hybridized carbons (Fsp3) is 0.357. The molecular weight excluding hydrogens is 297 g/mol. The number of aromatic nitrogens is 2. The maximum atomic E-state index is 6.24. The lowest BCUT2D eigenvalue weighted by molar-refractivity contribution is 0.292. The van der Waals surface area contributed by atoms with Gasteiger partial charge in [-0.3, -0.25) is 0 Å². The van der Waals surface area contributed by atoms with Crippen LogP contribution in [0.15, 0.2) is 24.4 Å². The lowest BCUT2D eigenvalue weighted by atomic mass is 10.1. The van der Waals surface area contributed by atoms with Gasteiger partial charge in [-0.2, -0.15) is 0 Å². The van der Waals surface area contributed by atoms with E-state index in [4.69, 9.17) is 27.9 Å². The maximum absolute atomic E-state index is 6.24. The van der Waals surface area contributed by atoms with Crippen LogP contribution in [0.5, 0.6) is 5.75 Å². The topological polar surface area (TPSA) is 39.1 Å². The molecule has 0 radical (unpaired) electrons. The molecule has 1 heterocycles. The number of nitrogens with one attached hydrogen (secondary N) is 1. The fourth-order valence-corrected chi connectivity index (χ4v) is 2.16. The van der Waals surface area contributed by atoms with Crippen LogP contribution in [0.25, 0.3) is 0 Å². The third-order valence-corrected chi connectivity index (χ3v) is 3.92. The van der Waals surface area contributed by atoms with Gasteiger partial charge in [0.25, 0.3) is 0 Å².